The summed E-state index contributed by atoms with van der Waals surface area (Å²) in [5.41, 5.74) is -2.09. The van der Waals surface area contributed by atoms with E-state index in [0.717, 1.165) is 12.1 Å². The van der Waals surface area contributed by atoms with E-state index in [1.165, 1.54) is 32.9 Å². The maximum absolute atomic E-state index is 13.1. The zero-order valence-electron chi connectivity index (χ0n) is 20.1. The number of hydrogen-bond donors (Lipinski definition) is 0. The molecule has 1 saturated heterocycles. The average Bonchev–Trinajstić information content (AvgIpc) is 2.89. The number of carboxylic acid groups (broad SMARTS) is 1. The molecule has 2 unspecified atom stereocenters. The number of carbonyl (C=O) groups excluding carboxylic acids is 1. The van der Waals surface area contributed by atoms with Crippen LogP contribution in [-0.2, 0) is 25.1 Å². The molecule has 1 aromatic carbocycles. The molecular formula is C21H32F3NO6SSi. The predicted octanol–water partition coefficient (Wildman–Crippen LogP) is 4.37. The van der Waals surface area contributed by atoms with E-state index in [4.69, 9.17) is 8.61 Å². The molecule has 1 aliphatic rings. The lowest BCUT2D eigenvalue weighted by Crippen LogP contribution is -2.73. The molecule has 0 bridgehead atoms. The Hall–Kier alpha value is -1.47. The molecular weight excluding hydrogens is 479 g/mol. The van der Waals surface area contributed by atoms with Crippen LogP contribution in [0.2, 0.25) is 18.1 Å². The van der Waals surface area contributed by atoms with Gasteiger partial charge in [0.2, 0.25) is 0 Å². The third kappa shape index (κ3) is 4.72. The van der Waals surface area contributed by atoms with Gasteiger partial charge in [-0.25, -0.2) is 4.18 Å². The van der Waals surface area contributed by atoms with Crippen molar-refractivity contribution in [2.24, 2.45) is 0 Å². The SMILES string of the molecule is CC(C)(C)[N+]1(C(=O)[O-])[C@@H](C(O[Si](C)(C)C(C)(C)C)c2ccc(C(F)(F)F)cc2)COS1(=O)=O. The van der Waals surface area contributed by atoms with Crippen LogP contribution in [0, 0.1) is 0 Å². The first-order chi connectivity index (χ1) is 14.6. The minimum absolute atomic E-state index is 0.228. The summed E-state index contributed by atoms with van der Waals surface area (Å²) in [6.07, 6.45) is -7.63. The van der Waals surface area contributed by atoms with Crippen LogP contribution in [0.5, 0.6) is 0 Å². The highest BCUT2D eigenvalue weighted by Crippen LogP contribution is 2.48. The zero-order chi connectivity index (χ0) is 25.8. The zero-order valence-corrected chi connectivity index (χ0v) is 21.9. The van der Waals surface area contributed by atoms with E-state index < -0.39 is 64.6 Å². The van der Waals surface area contributed by atoms with Crippen LogP contribution < -0.4 is 5.11 Å². The van der Waals surface area contributed by atoms with Gasteiger partial charge < -0.3 is 14.3 Å². The lowest BCUT2D eigenvalue weighted by atomic mass is 9.95. The summed E-state index contributed by atoms with van der Waals surface area (Å²) in [6.45, 7) is 13.4. The molecule has 0 aromatic heterocycles. The molecule has 1 aromatic rings. The lowest BCUT2D eigenvalue weighted by molar-refractivity contribution is -0.829. The molecule has 1 amide bonds. The molecule has 33 heavy (non-hydrogen) atoms. The number of quaternary nitrogens is 1. The molecule has 0 N–H and O–H groups in total. The summed E-state index contributed by atoms with van der Waals surface area (Å²) >= 11 is 0. The Labute approximate surface area is 194 Å². The Balaban J connectivity index is 2.78. The monoisotopic (exact) mass is 511 g/mol. The number of amides is 1. The predicted molar refractivity (Wildman–Crippen MR) is 117 cm³/mol. The fourth-order valence-corrected chi connectivity index (χ4v) is 6.96. The molecule has 0 aliphatic carbocycles. The summed E-state index contributed by atoms with van der Waals surface area (Å²) < 4.78 is 75.3. The van der Waals surface area contributed by atoms with E-state index in [1.54, 1.807) is 0 Å². The molecule has 0 spiro atoms. The van der Waals surface area contributed by atoms with Crippen LogP contribution >= 0.6 is 0 Å². The smallest absolute Gasteiger partial charge is 0.442 e. The number of halogens is 3. The Morgan fingerprint density at radius 2 is 1.61 bits per heavy atom. The highest BCUT2D eigenvalue weighted by molar-refractivity contribution is 7.81. The number of alkyl halides is 3. The largest absolute Gasteiger partial charge is 0.497 e. The number of nitrogens with zero attached hydrogens (tertiary/aromatic N) is 1. The van der Waals surface area contributed by atoms with Crippen LogP contribution in [-0.4, -0.2) is 44.9 Å². The van der Waals surface area contributed by atoms with E-state index in [2.05, 4.69) is 0 Å². The molecule has 0 saturated carbocycles. The van der Waals surface area contributed by atoms with Crippen molar-refractivity contribution in [3.8, 4) is 0 Å². The van der Waals surface area contributed by atoms with Crippen LogP contribution in [0.4, 0.5) is 18.0 Å². The molecule has 1 heterocycles. The van der Waals surface area contributed by atoms with Crippen molar-refractivity contribution >= 4 is 24.7 Å². The van der Waals surface area contributed by atoms with Crippen molar-refractivity contribution in [2.45, 2.75) is 83.5 Å². The highest BCUT2D eigenvalue weighted by atomic mass is 32.2. The van der Waals surface area contributed by atoms with Gasteiger partial charge in [-0.3, -0.25) is 0 Å². The van der Waals surface area contributed by atoms with Crippen molar-refractivity contribution < 1.29 is 44.0 Å². The molecule has 12 heteroatoms. The van der Waals surface area contributed by atoms with Crippen molar-refractivity contribution in [2.75, 3.05) is 6.61 Å². The van der Waals surface area contributed by atoms with E-state index in [9.17, 15) is 31.5 Å². The normalized spacial score (nSPS) is 25.1. The summed E-state index contributed by atoms with van der Waals surface area (Å²) in [6, 6.07) is 2.81. The molecule has 2 rings (SSSR count). The van der Waals surface area contributed by atoms with Gasteiger partial charge in [-0.1, -0.05) is 32.9 Å². The first-order valence-electron chi connectivity index (χ1n) is 10.4. The van der Waals surface area contributed by atoms with Crippen LogP contribution in [0.25, 0.3) is 0 Å². The van der Waals surface area contributed by atoms with Gasteiger partial charge >= 0.3 is 16.5 Å². The van der Waals surface area contributed by atoms with Gasteiger partial charge in [-0.05, 0) is 56.6 Å². The van der Waals surface area contributed by atoms with Crippen LogP contribution in [0.1, 0.15) is 58.8 Å². The third-order valence-corrected chi connectivity index (χ3v) is 13.2. The maximum Gasteiger partial charge on any atom is 0.442 e. The van der Waals surface area contributed by atoms with E-state index >= 15 is 0 Å². The fourth-order valence-electron chi connectivity index (χ4n) is 3.85. The second kappa shape index (κ2) is 8.33. The Morgan fingerprint density at radius 1 is 1.12 bits per heavy atom. The number of rotatable bonds is 4. The number of carbonyl (C=O) groups is 1. The van der Waals surface area contributed by atoms with Gasteiger partial charge in [0.1, 0.15) is 18.2 Å². The molecule has 3 atom stereocenters. The third-order valence-electron chi connectivity index (χ3n) is 6.62. The summed E-state index contributed by atoms with van der Waals surface area (Å²) in [5.74, 6) is 0. The molecule has 188 valence electrons. The minimum atomic E-state index is -4.70. The standard InChI is InChI=1S/C21H32F3NO6SSi/c1-19(2,3)25(18(26)27)16(13-30-32(25,28)29)17(31-33(7,8)20(4,5)6)14-9-11-15(12-10-14)21(22,23)24/h9-12,16-17H,13H2,1-8H3/t16-,17?,25?/m1/s1. The maximum atomic E-state index is 13.1. The van der Waals surface area contributed by atoms with E-state index in [1.807, 2.05) is 33.9 Å². The van der Waals surface area contributed by atoms with Crippen molar-refractivity contribution in [3.05, 3.63) is 35.4 Å². The highest BCUT2D eigenvalue weighted by Gasteiger charge is 2.67. The number of benzene rings is 1. The lowest BCUT2D eigenvalue weighted by Gasteiger charge is -2.48. The van der Waals surface area contributed by atoms with Crippen molar-refractivity contribution in [3.63, 3.8) is 0 Å². The first-order valence-corrected chi connectivity index (χ1v) is 14.7. The minimum Gasteiger partial charge on any atom is -0.497 e. The molecule has 1 aliphatic heterocycles. The van der Waals surface area contributed by atoms with E-state index in [0.29, 0.717) is 0 Å². The van der Waals surface area contributed by atoms with Gasteiger partial charge in [0.05, 0.1) is 5.56 Å². The Bertz CT molecular complexity index is 997. The Kier molecular flexibility index (Phi) is 7.01. The van der Waals surface area contributed by atoms with Gasteiger partial charge in [-0.2, -0.15) is 13.2 Å². The van der Waals surface area contributed by atoms with Crippen LogP contribution in [0.15, 0.2) is 24.3 Å². The summed E-state index contributed by atoms with van der Waals surface area (Å²) in [5, 5.41) is 12.1. The summed E-state index contributed by atoms with van der Waals surface area (Å²) in [4.78, 5) is 12.5. The second-order valence-corrected chi connectivity index (χ2v) is 17.2. The van der Waals surface area contributed by atoms with E-state index in [-0.39, 0.29) is 10.6 Å². The van der Waals surface area contributed by atoms with Crippen molar-refractivity contribution in [1.82, 2.24) is 0 Å². The number of hydrogen-bond acceptors (Lipinski definition) is 6. The summed E-state index contributed by atoms with van der Waals surface area (Å²) in [7, 11) is -7.37. The quantitative estimate of drug-likeness (QED) is 0.440. The molecule has 0 radical (unpaired) electrons. The van der Waals surface area contributed by atoms with Gasteiger partial charge in [-0.15, -0.1) is 12.3 Å². The molecule has 7 nitrogen and oxygen atoms in total. The van der Waals surface area contributed by atoms with Gasteiger partial charge in [0, 0.05) is 0 Å². The first kappa shape index (κ1) is 27.8. The fraction of sp³-hybridized carbons (Fsp3) is 0.667. The Morgan fingerprint density at radius 3 is 1.97 bits per heavy atom. The second-order valence-electron chi connectivity index (χ2n) is 10.8. The van der Waals surface area contributed by atoms with Crippen molar-refractivity contribution in [1.29, 1.82) is 0 Å². The average molecular weight is 512 g/mol. The topological polar surface area (TPSA) is 92.7 Å². The molecule has 1 fully saturated rings. The van der Waals surface area contributed by atoms with Gasteiger partial charge in [0.25, 0.3) is 6.09 Å². The van der Waals surface area contributed by atoms with Gasteiger partial charge in [0.15, 0.2) is 14.4 Å². The van der Waals surface area contributed by atoms with Crippen LogP contribution in [0.3, 0.4) is 0 Å².